The maximum Gasteiger partial charge on any atom is 0.352 e. The van der Waals surface area contributed by atoms with E-state index in [4.69, 9.17) is 34.8 Å². The number of halogens is 3. The van der Waals surface area contributed by atoms with Crippen LogP contribution in [0.15, 0.2) is 47.6 Å². The second-order valence-corrected chi connectivity index (χ2v) is 8.02. The van der Waals surface area contributed by atoms with Crippen LogP contribution < -0.4 is 5.01 Å². The van der Waals surface area contributed by atoms with Crippen molar-refractivity contribution in [3.63, 3.8) is 0 Å². The SMILES string of the molecule is CC(C)(c1ccc(Cl)cc1)C1CC(C(=O)O)=NN1c1ccc(Cl)cc1Cl. The minimum atomic E-state index is -1.03. The summed E-state index contributed by atoms with van der Waals surface area (Å²) < 4.78 is 0. The molecule has 0 saturated carbocycles. The number of anilines is 1. The van der Waals surface area contributed by atoms with Gasteiger partial charge in [0.25, 0.3) is 0 Å². The number of nitrogens with zero attached hydrogens (tertiary/aromatic N) is 2. The number of benzene rings is 2. The fourth-order valence-electron chi connectivity index (χ4n) is 3.16. The Kier molecular flexibility index (Phi) is 5.20. The Hall–Kier alpha value is -1.75. The lowest BCUT2D eigenvalue weighted by atomic mass is 9.76. The number of hydrogen-bond acceptors (Lipinski definition) is 3. The van der Waals surface area contributed by atoms with E-state index in [0.29, 0.717) is 27.2 Å². The van der Waals surface area contributed by atoms with Gasteiger partial charge in [-0.2, -0.15) is 5.10 Å². The normalized spacial score (nSPS) is 17.3. The van der Waals surface area contributed by atoms with Gasteiger partial charge >= 0.3 is 5.97 Å². The summed E-state index contributed by atoms with van der Waals surface area (Å²) in [5.41, 5.74) is 1.35. The molecule has 2 aromatic rings. The quantitative estimate of drug-likeness (QED) is 0.708. The summed E-state index contributed by atoms with van der Waals surface area (Å²) >= 11 is 18.4. The summed E-state index contributed by atoms with van der Waals surface area (Å²) in [6.07, 6.45) is 0.296. The fraction of sp³-hybridized carbons (Fsp3) is 0.263. The minimum Gasteiger partial charge on any atom is -0.477 e. The molecule has 3 rings (SSSR count). The largest absolute Gasteiger partial charge is 0.477 e. The molecule has 1 N–H and O–H groups in total. The van der Waals surface area contributed by atoms with Gasteiger partial charge in [0.05, 0.1) is 16.8 Å². The smallest absolute Gasteiger partial charge is 0.352 e. The van der Waals surface area contributed by atoms with Gasteiger partial charge in [-0.25, -0.2) is 4.79 Å². The van der Waals surface area contributed by atoms with Crippen LogP contribution in [0.1, 0.15) is 25.8 Å². The monoisotopic (exact) mass is 410 g/mol. The van der Waals surface area contributed by atoms with Crippen molar-refractivity contribution < 1.29 is 9.90 Å². The maximum atomic E-state index is 11.5. The van der Waals surface area contributed by atoms with Crippen molar-refractivity contribution in [1.29, 1.82) is 0 Å². The number of hydrogen-bond donors (Lipinski definition) is 1. The second-order valence-electron chi connectivity index (χ2n) is 6.74. The molecule has 1 heterocycles. The second kappa shape index (κ2) is 7.10. The molecule has 1 aliphatic heterocycles. The number of carboxylic acids is 1. The van der Waals surface area contributed by atoms with Crippen molar-refractivity contribution in [1.82, 2.24) is 0 Å². The van der Waals surface area contributed by atoms with E-state index < -0.39 is 11.4 Å². The van der Waals surface area contributed by atoms with Crippen LogP contribution in [0.2, 0.25) is 15.1 Å². The van der Waals surface area contributed by atoms with Crippen LogP contribution in [-0.2, 0) is 10.2 Å². The van der Waals surface area contributed by atoms with E-state index in [9.17, 15) is 9.90 Å². The molecule has 2 aromatic carbocycles. The molecule has 7 heteroatoms. The lowest BCUT2D eigenvalue weighted by Crippen LogP contribution is -2.43. The predicted octanol–water partition coefficient (Wildman–Crippen LogP) is 5.64. The molecule has 4 nitrogen and oxygen atoms in total. The summed E-state index contributed by atoms with van der Waals surface area (Å²) in [5.74, 6) is -1.03. The summed E-state index contributed by atoms with van der Waals surface area (Å²) in [6.45, 7) is 4.11. The first-order chi connectivity index (χ1) is 12.2. The van der Waals surface area contributed by atoms with E-state index in [0.717, 1.165) is 5.56 Å². The third kappa shape index (κ3) is 3.54. The van der Waals surface area contributed by atoms with Gasteiger partial charge in [0.15, 0.2) is 0 Å². The van der Waals surface area contributed by atoms with E-state index in [1.807, 2.05) is 24.3 Å². The van der Waals surface area contributed by atoms with E-state index in [1.54, 1.807) is 23.2 Å². The first-order valence-electron chi connectivity index (χ1n) is 8.01. The van der Waals surface area contributed by atoms with Gasteiger partial charge in [0.1, 0.15) is 5.71 Å². The van der Waals surface area contributed by atoms with Crippen molar-refractivity contribution in [3.05, 3.63) is 63.1 Å². The summed E-state index contributed by atoms with van der Waals surface area (Å²) in [6, 6.07) is 12.4. The number of carboxylic acid groups (broad SMARTS) is 1. The predicted molar refractivity (Wildman–Crippen MR) is 107 cm³/mol. The molecule has 0 saturated heterocycles. The van der Waals surface area contributed by atoms with Crippen molar-refractivity contribution in [3.8, 4) is 0 Å². The van der Waals surface area contributed by atoms with Crippen LogP contribution in [0.3, 0.4) is 0 Å². The van der Waals surface area contributed by atoms with Gasteiger partial charge in [-0.1, -0.05) is 60.8 Å². The lowest BCUT2D eigenvalue weighted by Gasteiger charge is -2.38. The van der Waals surface area contributed by atoms with E-state index in [2.05, 4.69) is 18.9 Å². The van der Waals surface area contributed by atoms with Crippen molar-refractivity contribution in [2.45, 2.75) is 31.7 Å². The Morgan fingerprint density at radius 1 is 1.12 bits per heavy atom. The van der Waals surface area contributed by atoms with Crippen LogP contribution in [-0.4, -0.2) is 22.8 Å². The fourth-order valence-corrected chi connectivity index (χ4v) is 3.78. The highest BCUT2D eigenvalue weighted by Gasteiger charge is 2.42. The molecule has 1 atom stereocenters. The molecule has 1 unspecified atom stereocenters. The highest BCUT2D eigenvalue weighted by Crippen LogP contribution is 2.41. The maximum absolute atomic E-state index is 11.5. The Bertz CT molecular complexity index is 879. The molecule has 0 radical (unpaired) electrons. The van der Waals surface area contributed by atoms with Crippen molar-refractivity contribution in [2.75, 3.05) is 5.01 Å². The summed E-state index contributed by atoms with van der Waals surface area (Å²) in [4.78, 5) is 11.5. The first kappa shape index (κ1) is 19.0. The van der Waals surface area contributed by atoms with Gasteiger partial charge in [-0.05, 0) is 35.9 Å². The molecule has 136 valence electrons. The number of aliphatic carboxylic acids is 1. The minimum absolute atomic E-state index is 0.100. The molecular formula is C19H17Cl3N2O2. The standard InChI is InChI=1S/C19H17Cl3N2O2/c1-19(2,11-3-5-12(20)6-4-11)17-10-15(18(25)26)23-24(17)16-8-7-13(21)9-14(16)22/h3-9,17H,10H2,1-2H3,(H,25,26). The zero-order valence-corrected chi connectivity index (χ0v) is 16.5. The highest BCUT2D eigenvalue weighted by molar-refractivity contribution is 6.38. The zero-order chi connectivity index (χ0) is 19.1. The third-order valence-electron chi connectivity index (χ3n) is 4.74. The summed E-state index contributed by atoms with van der Waals surface area (Å²) in [7, 11) is 0. The Labute approximate surface area is 167 Å². The number of hydrazone groups is 1. The van der Waals surface area contributed by atoms with E-state index in [1.165, 1.54) is 0 Å². The molecule has 0 aromatic heterocycles. The Morgan fingerprint density at radius 2 is 1.73 bits per heavy atom. The van der Waals surface area contributed by atoms with Gasteiger partial charge < -0.3 is 5.11 Å². The topological polar surface area (TPSA) is 52.9 Å². The summed E-state index contributed by atoms with van der Waals surface area (Å²) in [5, 5.41) is 17.1. The van der Waals surface area contributed by atoms with Gasteiger partial charge in [0, 0.05) is 21.9 Å². The lowest BCUT2D eigenvalue weighted by molar-refractivity contribution is -0.129. The molecule has 0 fully saturated rings. The van der Waals surface area contributed by atoms with Gasteiger partial charge in [-0.3, -0.25) is 5.01 Å². The van der Waals surface area contributed by atoms with Gasteiger partial charge in [0.2, 0.25) is 0 Å². The first-order valence-corrected chi connectivity index (χ1v) is 9.14. The molecule has 0 bridgehead atoms. The van der Waals surface area contributed by atoms with Crippen LogP contribution in [0, 0.1) is 0 Å². The molecule has 0 aliphatic carbocycles. The molecule has 1 aliphatic rings. The molecule has 26 heavy (non-hydrogen) atoms. The molecule has 0 amide bonds. The Morgan fingerprint density at radius 3 is 2.31 bits per heavy atom. The van der Waals surface area contributed by atoms with Crippen LogP contribution in [0.25, 0.3) is 0 Å². The third-order valence-corrected chi connectivity index (χ3v) is 5.52. The molecular weight excluding hydrogens is 395 g/mol. The van der Waals surface area contributed by atoms with Crippen LogP contribution >= 0.6 is 34.8 Å². The van der Waals surface area contributed by atoms with Crippen LogP contribution in [0.5, 0.6) is 0 Å². The van der Waals surface area contributed by atoms with Crippen molar-refractivity contribution in [2.24, 2.45) is 5.10 Å². The van der Waals surface area contributed by atoms with E-state index in [-0.39, 0.29) is 11.8 Å². The number of carbonyl (C=O) groups is 1. The average molecular weight is 412 g/mol. The zero-order valence-electron chi connectivity index (χ0n) is 14.2. The molecule has 0 spiro atoms. The average Bonchev–Trinajstić information content (AvgIpc) is 3.01. The van der Waals surface area contributed by atoms with E-state index >= 15 is 0 Å². The highest BCUT2D eigenvalue weighted by atomic mass is 35.5. The van der Waals surface area contributed by atoms with Gasteiger partial charge in [-0.15, -0.1) is 0 Å². The van der Waals surface area contributed by atoms with Crippen LogP contribution in [0.4, 0.5) is 5.69 Å². The van der Waals surface area contributed by atoms with Crippen molar-refractivity contribution >= 4 is 52.2 Å². The number of rotatable bonds is 4. The Balaban J connectivity index is 2.06.